The van der Waals surface area contributed by atoms with Crippen LogP contribution in [0.3, 0.4) is 0 Å². The Morgan fingerprint density at radius 1 is 1.36 bits per heavy atom. The third-order valence-corrected chi connectivity index (χ3v) is 3.41. The fourth-order valence-corrected chi connectivity index (χ4v) is 2.47. The Hall–Kier alpha value is -2.56. The quantitative estimate of drug-likeness (QED) is 0.759. The molecule has 0 aromatic carbocycles. The lowest BCUT2D eigenvalue weighted by molar-refractivity contribution is 0.0121. The van der Waals surface area contributed by atoms with Crippen LogP contribution in [0.25, 0.3) is 0 Å². The predicted molar refractivity (Wildman–Crippen MR) is 77.4 cm³/mol. The van der Waals surface area contributed by atoms with Crippen LogP contribution in [0.2, 0.25) is 0 Å². The van der Waals surface area contributed by atoms with E-state index in [2.05, 4.69) is 4.98 Å². The normalized spacial score (nSPS) is 17.6. The molecule has 22 heavy (non-hydrogen) atoms. The molecule has 1 N–H and O–H groups in total. The van der Waals surface area contributed by atoms with E-state index in [4.69, 9.17) is 4.74 Å². The van der Waals surface area contributed by atoms with Gasteiger partial charge in [-0.25, -0.2) is 9.59 Å². The van der Waals surface area contributed by atoms with Crippen molar-refractivity contribution in [2.45, 2.75) is 45.9 Å². The van der Waals surface area contributed by atoms with E-state index in [0.717, 1.165) is 0 Å². The highest BCUT2D eigenvalue weighted by atomic mass is 16.6. The minimum Gasteiger partial charge on any atom is -0.444 e. The molecule has 1 aliphatic heterocycles. The summed E-state index contributed by atoms with van der Waals surface area (Å²) in [6.45, 7) is 7.38. The first-order chi connectivity index (χ1) is 10.2. The number of nitriles is 1. The SMILES string of the molecule is CC1c2c(C#N)c(=O)[nH]c(=O)n2CCN1C(=O)OC(C)(C)C. The Balaban J connectivity index is 2.48. The van der Waals surface area contributed by atoms with Crippen molar-refractivity contribution in [3.05, 3.63) is 32.1 Å². The van der Waals surface area contributed by atoms with E-state index >= 15 is 0 Å². The molecule has 1 aromatic heterocycles. The number of carbonyl (C=O) groups excluding carboxylic acids is 1. The number of carbonyl (C=O) groups is 1. The van der Waals surface area contributed by atoms with Gasteiger partial charge in [-0.05, 0) is 27.7 Å². The number of fused-ring (bicyclic) bond motifs is 1. The van der Waals surface area contributed by atoms with Gasteiger partial charge < -0.3 is 4.74 Å². The highest BCUT2D eigenvalue weighted by Crippen LogP contribution is 2.26. The summed E-state index contributed by atoms with van der Waals surface area (Å²) in [5.74, 6) is 0. The van der Waals surface area contributed by atoms with Crippen LogP contribution in [0.1, 0.15) is 45.0 Å². The molecular weight excluding hydrogens is 288 g/mol. The number of aromatic nitrogens is 2. The molecule has 1 unspecified atom stereocenters. The molecule has 1 atom stereocenters. The number of hydrogen-bond acceptors (Lipinski definition) is 5. The number of amides is 1. The molecule has 0 aliphatic carbocycles. The number of ether oxygens (including phenoxy) is 1. The molecule has 2 heterocycles. The zero-order valence-corrected chi connectivity index (χ0v) is 13.0. The van der Waals surface area contributed by atoms with Gasteiger partial charge >= 0.3 is 11.8 Å². The van der Waals surface area contributed by atoms with E-state index in [9.17, 15) is 19.6 Å². The van der Waals surface area contributed by atoms with Gasteiger partial charge in [-0.2, -0.15) is 5.26 Å². The molecule has 0 fully saturated rings. The number of H-pyrrole nitrogens is 1. The number of aromatic amines is 1. The van der Waals surface area contributed by atoms with E-state index in [-0.39, 0.29) is 24.3 Å². The molecule has 1 aliphatic rings. The molecule has 1 amide bonds. The van der Waals surface area contributed by atoms with Gasteiger partial charge in [0, 0.05) is 13.1 Å². The van der Waals surface area contributed by atoms with Crippen LogP contribution >= 0.6 is 0 Å². The van der Waals surface area contributed by atoms with Crippen LogP contribution in [0, 0.1) is 11.3 Å². The summed E-state index contributed by atoms with van der Waals surface area (Å²) >= 11 is 0. The molecule has 2 rings (SSSR count). The van der Waals surface area contributed by atoms with Crippen LogP contribution in [0.5, 0.6) is 0 Å². The van der Waals surface area contributed by atoms with Gasteiger partial charge in [0.1, 0.15) is 17.2 Å². The Morgan fingerprint density at radius 2 is 2.00 bits per heavy atom. The first-order valence-corrected chi connectivity index (χ1v) is 6.92. The zero-order chi connectivity index (χ0) is 16.7. The minimum absolute atomic E-state index is 0.152. The molecule has 0 saturated carbocycles. The number of hydrogen-bond donors (Lipinski definition) is 1. The highest BCUT2D eigenvalue weighted by Gasteiger charge is 2.34. The average molecular weight is 306 g/mol. The van der Waals surface area contributed by atoms with Gasteiger partial charge in [-0.15, -0.1) is 0 Å². The summed E-state index contributed by atoms with van der Waals surface area (Å²) in [6, 6.07) is 1.20. The van der Waals surface area contributed by atoms with Crippen molar-refractivity contribution < 1.29 is 9.53 Å². The molecule has 0 radical (unpaired) electrons. The maximum Gasteiger partial charge on any atom is 0.410 e. The molecule has 8 heteroatoms. The molecule has 0 spiro atoms. The predicted octanol–water partition coefficient (Wildman–Crippen LogP) is 0.720. The Labute approximate surface area is 126 Å². The third kappa shape index (κ3) is 2.74. The van der Waals surface area contributed by atoms with Crippen molar-refractivity contribution in [2.75, 3.05) is 6.54 Å². The Bertz CT molecular complexity index is 763. The average Bonchev–Trinajstić information content (AvgIpc) is 2.38. The molecule has 8 nitrogen and oxygen atoms in total. The van der Waals surface area contributed by atoms with Crippen molar-refractivity contribution in [1.82, 2.24) is 14.5 Å². The van der Waals surface area contributed by atoms with Crippen LogP contribution in [0.4, 0.5) is 4.79 Å². The lowest BCUT2D eigenvalue weighted by atomic mass is 10.1. The van der Waals surface area contributed by atoms with Gasteiger partial charge in [0.2, 0.25) is 0 Å². The maximum atomic E-state index is 12.3. The second-order valence-electron chi connectivity index (χ2n) is 6.13. The largest absolute Gasteiger partial charge is 0.444 e. The summed E-state index contributed by atoms with van der Waals surface area (Å²) in [6.07, 6.45) is -0.539. The lowest BCUT2D eigenvalue weighted by Crippen LogP contribution is -2.49. The molecule has 1 aromatic rings. The number of nitrogens with zero attached hydrogens (tertiary/aromatic N) is 3. The highest BCUT2D eigenvalue weighted by molar-refractivity contribution is 5.69. The van der Waals surface area contributed by atoms with Crippen LogP contribution in [-0.2, 0) is 11.3 Å². The maximum absolute atomic E-state index is 12.3. The van der Waals surface area contributed by atoms with Crippen LogP contribution in [0.15, 0.2) is 9.59 Å². The van der Waals surface area contributed by atoms with Crippen molar-refractivity contribution >= 4 is 6.09 Å². The zero-order valence-electron chi connectivity index (χ0n) is 13.0. The second-order valence-corrected chi connectivity index (χ2v) is 6.13. The summed E-state index contributed by atoms with van der Waals surface area (Å²) in [5, 5.41) is 9.17. The Kier molecular flexibility index (Phi) is 3.83. The van der Waals surface area contributed by atoms with Crippen LogP contribution < -0.4 is 11.2 Å². The summed E-state index contributed by atoms with van der Waals surface area (Å²) in [5.41, 5.74) is -1.87. The van der Waals surface area contributed by atoms with Gasteiger partial charge in [0.05, 0.1) is 11.7 Å². The second kappa shape index (κ2) is 5.33. The third-order valence-electron chi connectivity index (χ3n) is 3.41. The minimum atomic E-state index is -0.739. The number of rotatable bonds is 0. The molecule has 118 valence electrons. The molecular formula is C14H18N4O4. The van der Waals surface area contributed by atoms with E-state index in [1.54, 1.807) is 33.8 Å². The van der Waals surface area contributed by atoms with E-state index in [0.29, 0.717) is 0 Å². The summed E-state index contributed by atoms with van der Waals surface area (Å²) in [7, 11) is 0. The topological polar surface area (TPSA) is 108 Å². The van der Waals surface area contributed by atoms with Crippen molar-refractivity contribution in [1.29, 1.82) is 5.26 Å². The van der Waals surface area contributed by atoms with E-state index < -0.39 is 29.0 Å². The monoisotopic (exact) mass is 306 g/mol. The van der Waals surface area contributed by atoms with E-state index in [1.165, 1.54) is 9.47 Å². The number of nitrogens with one attached hydrogen (secondary N) is 1. The summed E-state index contributed by atoms with van der Waals surface area (Å²) in [4.78, 5) is 39.4. The van der Waals surface area contributed by atoms with Gasteiger partial charge in [-0.1, -0.05) is 0 Å². The van der Waals surface area contributed by atoms with E-state index in [1.807, 2.05) is 0 Å². The smallest absolute Gasteiger partial charge is 0.410 e. The van der Waals surface area contributed by atoms with Crippen molar-refractivity contribution in [3.8, 4) is 6.07 Å². The van der Waals surface area contributed by atoms with Crippen molar-refractivity contribution in [3.63, 3.8) is 0 Å². The fourth-order valence-electron chi connectivity index (χ4n) is 2.47. The summed E-state index contributed by atoms with van der Waals surface area (Å²) < 4.78 is 6.65. The molecule has 0 bridgehead atoms. The van der Waals surface area contributed by atoms with Crippen molar-refractivity contribution in [2.24, 2.45) is 0 Å². The first-order valence-electron chi connectivity index (χ1n) is 6.92. The van der Waals surface area contributed by atoms with Crippen LogP contribution in [-0.4, -0.2) is 32.7 Å². The molecule has 0 saturated heterocycles. The van der Waals surface area contributed by atoms with Gasteiger partial charge in [0.15, 0.2) is 0 Å². The fraction of sp³-hybridized carbons (Fsp3) is 0.571. The lowest BCUT2D eigenvalue weighted by Gasteiger charge is -2.36. The van der Waals surface area contributed by atoms with Gasteiger partial charge in [0.25, 0.3) is 5.56 Å². The standard InChI is InChI=1S/C14H18N4O4/c1-8-10-9(7-15)11(19)16-12(20)18(10)6-5-17(8)13(21)22-14(2,3)4/h8H,5-6H2,1-4H3,(H,16,19,20). The van der Waals surface area contributed by atoms with Gasteiger partial charge in [-0.3, -0.25) is 19.2 Å². The Morgan fingerprint density at radius 3 is 2.55 bits per heavy atom. The first kappa shape index (κ1) is 15.8.